The predicted octanol–water partition coefficient (Wildman–Crippen LogP) is 3.92. The van der Waals surface area contributed by atoms with E-state index in [0.29, 0.717) is 11.6 Å². The van der Waals surface area contributed by atoms with E-state index in [4.69, 9.17) is 11.6 Å². The van der Waals surface area contributed by atoms with Crippen molar-refractivity contribution in [3.63, 3.8) is 0 Å². The Morgan fingerprint density at radius 3 is 2.65 bits per heavy atom. The number of rotatable bonds is 5. The van der Waals surface area contributed by atoms with Gasteiger partial charge < -0.3 is 5.32 Å². The normalized spacial score (nSPS) is 10.3. The summed E-state index contributed by atoms with van der Waals surface area (Å²) >= 11 is 7.38. The maximum absolute atomic E-state index is 11.7. The maximum atomic E-state index is 11.7. The molecule has 0 aliphatic heterocycles. The van der Waals surface area contributed by atoms with Crippen LogP contribution < -0.4 is 5.32 Å². The number of pyridine rings is 1. The number of thioether (sulfide) groups is 1. The molecule has 0 bridgehead atoms. The molecule has 3 nitrogen and oxygen atoms in total. The van der Waals surface area contributed by atoms with Gasteiger partial charge >= 0.3 is 0 Å². The summed E-state index contributed by atoms with van der Waals surface area (Å²) in [6, 6.07) is 11.4. The summed E-state index contributed by atoms with van der Waals surface area (Å²) in [6.07, 6.45) is 1.73. The molecule has 0 aliphatic rings. The smallest absolute Gasteiger partial charge is 0.235 e. The number of carbonyl (C=O) groups excluding carboxylic acids is 1. The van der Waals surface area contributed by atoms with Crippen LogP contribution in [0.5, 0.6) is 0 Å². The number of aryl methyl sites for hydroxylation is 1. The van der Waals surface area contributed by atoms with Crippen LogP contribution in [-0.4, -0.2) is 16.6 Å². The molecule has 0 atom stereocenters. The van der Waals surface area contributed by atoms with Gasteiger partial charge in [0.15, 0.2) is 0 Å². The number of anilines is 1. The minimum absolute atomic E-state index is 0.0414. The number of halogens is 1. The van der Waals surface area contributed by atoms with Crippen LogP contribution in [0.4, 0.5) is 5.82 Å². The lowest BCUT2D eigenvalue weighted by Crippen LogP contribution is -2.15. The molecule has 2 aromatic rings. The first kappa shape index (κ1) is 14.9. The van der Waals surface area contributed by atoms with Crippen LogP contribution in [0.15, 0.2) is 42.6 Å². The van der Waals surface area contributed by atoms with Crippen molar-refractivity contribution in [3.05, 3.63) is 58.7 Å². The number of hydrogen-bond acceptors (Lipinski definition) is 3. The summed E-state index contributed by atoms with van der Waals surface area (Å²) in [5, 5.41) is 3.50. The maximum Gasteiger partial charge on any atom is 0.235 e. The number of carbonyl (C=O) groups is 1. The highest BCUT2D eigenvalue weighted by molar-refractivity contribution is 7.99. The quantitative estimate of drug-likeness (QED) is 0.910. The van der Waals surface area contributed by atoms with E-state index in [1.165, 1.54) is 0 Å². The van der Waals surface area contributed by atoms with Crippen molar-refractivity contribution < 1.29 is 4.79 Å². The fraction of sp³-hybridized carbons (Fsp3) is 0.200. The molecule has 5 heteroatoms. The molecule has 1 amide bonds. The lowest BCUT2D eigenvalue weighted by Gasteiger charge is -2.05. The summed E-state index contributed by atoms with van der Waals surface area (Å²) < 4.78 is 0. The van der Waals surface area contributed by atoms with Gasteiger partial charge in [-0.25, -0.2) is 4.98 Å². The molecule has 1 aromatic carbocycles. The Labute approximate surface area is 127 Å². The van der Waals surface area contributed by atoms with Crippen molar-refractivity contribution in [3.8, 4) is 0 Å². The van der Waals surface area contributed by atoms with Crippen LogP contribution in [0.1, 0.15) is 11.1 Å². The third-order valence-electron chi connectivity index (χ3n) is 2.59. The topological polar surface area (TPSA) is 42.0 Å². The van der Waals surface area contributed by atoms with Crippen molar-refractivity contribution in [1.29, 1.82) is 0 Å². The molecule has 1 heterocycles. The predicted molar refractivity (Wildman–Crippen MR) is 85.2 cm³/mol. The average molecular weight is 307 g/mol. The van der Waals surface area contributed by atoms with Gasteiger partial charge in [-0.3, -0.25) is 4.79 Å². The largest absolute Gasteiger partial charge is 0.310 e. The molecule has 0 aliphatic carbocycles. The van der Waals surface area contributed by atoms with Crippen LogP contribution in [0, 0.1) is 6.92 Å². The molecule has 0 radical (unpaired) electrons. The molecule has 1 aromatic heterocycles. The first-order chi connectivity index (χ1) is 9.63. The van der Waals surface area contributed by atoms with Crippen LogP contribution >= 0.6 is 23.4 Å². The van der Waals surface area contributed by atoms with E-state index in [2.05, 4.69) is 10.3 Å². The Morgan fingerprint density at radius 1 is 1.25 bits per heavy atom. The minimum atomic E-state index is -0.0414. The van der Waals surface area contributed by atoms with Gasteiger partial charge in [-0.2, -0.15) is 0 Å². The SMILES string of the molecule is Cc1ccc(NC(=O)CSCc2ccc(Cl)cc2)nc1. The van der Waals surface area contributed by atoms with Gasteiger partial charge in [0, 0.05) is 17.0 Å². The Balaban J connectivity index is 1.75. The number of nitrogens with zero attached hydrogens (tertiary/aromatic N) is 1. The average Bonchev–Trinajstić information content (AvgIpc) is 2.44. The Hall–Kier alpha value is -1.52. The van der Waals surface area contributed by atoms with Gasteiger partial charge in [0.25, 0.3) is 0 Å². The molecule has 0 saturated heterocycles. The lowest BCUT2D eigenvalue weighted by atomic mass is 10.2. The number of benzene rings is 1. The lowest BCUT2D eigenvalue weighted by molar-refractivity contribution is -0.113. The van der Waals surface area contributed by atoms with Gasteiger partial charge in [-0.1, -0.05) is 29.8 Å². The molecule has 20 heavy (non-hydrogen) atoms. The molecule has 104 valence electrons. The van der Waals surface area contributed by atoms with Gasteiger partial charge in [0.1, 0.15) is 5.82 Å². The Morgan fingerprint density at radius 2 is 2.00 bits per heavy atom. The van der Waals surface area contributed by atoms with E-state index in [1.807, 2.05) is 37.3 Å². The molecular weight excluding hydrogens is 292 g/mol. The first-order valence-electron chi connectivity index (χ1n) is 6.18. The Bertz CT molecular complexity index is 569. The van der Waals surface area contributed by atoms with Crippen molar-refractivity contribution in [2.24, 2.45) is 0 Å². The molecule has 1 N–H and O–H groups in total. The summed E-state index contributed by atoms with van der Waals surface area (Å²) in [4.78, 5) is 15.9. The van der Waals surface area contributed by atoms with Crippen molar-refractivity contribution >= 4 is 35.1 Å². The first-order valence-corrected chi connectivity index (χ1v) is 7.71. The van der Waals surface area contributed by atoms with Crippen LogP contribution in [0.25, 0.3) is 0 Å². The number of amides is 1. The van der Waals surface area contributed by atoms with Crippen molar-refractivity contribution in [2.75, 3.05) is 11.1 Å². The van der Waals surface area contributed by atoms with E-state index in [1.54, 1.807) is 24.0 Å². The highest BCUT2D eigenvalue weighted by atomic mass is 35.5. The molecule has 0 spiro atoms. The van der Waals surface area contributed by atoms with Crippen LogP contribution in [-0.2, 0) is 10.5 Å². The zero-order valence-electron chi connectivity index (χ0n) is 11.1. The van der Waals surface area contributed by atoms with Crippen LogP contribution in [0.2, 0.25) is 5.02 Å². The van der Waals surface area contributed by atoms with Crippen LogP contribution in [0.3, 0.4) is 0 Å². The van der Waals surface area contributed by atoms with Gasteiger partial charge in [0.05, 0.1) is 5.75 Å². The van der Waals surface area contributed by atoms with E-state index in [9.17, 15) is 4.79 Å². The number of nitrogens with one attached hydrogen (secondary N) is 1. The zero-order valence-corrected chi connectivity index (χ0v) is 12.7. The monoisotopic (exact) mass is 306 g/mol. The van der Waals surface area contributed by atoms with Gasteiger partial charge in [0.2, 0.25) is 5.91 Å². The molecule has 0 fully saturated rings. The van der Waals surface area contributed by atoms with Gasteiger partial charge in [-0.05, 0) is 36.2 Å². The van der Waals surface area contributed by atoms with Crippen molar-refractivity contribution in [2.45, 2.75) is 12.7 Å². The number of aromatic nitrogens is 1. The second kappa shape index (κ2) is 7.31. The van der Waals surface area contributed by atoms with E-state index in [0.717, 1.165) is 21.9 Å². The van der Waals surface area contributed by atoms with E-state index in [-0.39, 0.29) is 5.91 Å². The standard InChI is InChI=1S/C15H15ClN2OS/c1-11-2-7-14(17-8-11)18-15(19)10-20-9-12-3-5-13(16)6-4-12/h2-8H,9-10H2,1H3,(H,17,18,19). The molecule has 0 saturated carbocycles. The molecule has 0 unspecified atom stereocenters. The third kappa shape index (κ3) is 4.87. The summed E-state index contributed by atoms with van der Waals surface area (Å²) in [5.41, 5.74) is 2.22. The Kier molecular flexibility index (Phi) is 5.44. The highest BCUT2D eigenvalue weighted by Crippen LogP contribution is 2.15. The van der Waals surface area contributed by atoms with Crippen molar-refractivity contribution in [1.82, 2.24) is 4.98 Å². The fourth-order valence-corrected chi connectivity index (χ4v) is 2.48. The molecular formula is C15H15ClN2OS. The fourth-order valence-electron chi connectivity index (χ4n) is 1.56. The van der Waals surface area contributed by atoms with E-state index < -0.39 is 0 Å². The highest BCUT2D eigenvalue weighted by Gasteiger charge is 2.03. The summed E-state index contributed by atoms with van der Waals surface area (Å²) in [6.45, 7) is 1.96. The zero-order chi connectivity index (χ0) is 14.4. The third-order valence-corrected chi connectivity index (χ3v) is 3.85. The number of hydrogen-bond donors (Lipinski definition) is 1. The van der Waals surface area contributed by atoms with E-state index >= 15 is 0 Å². The second-order valence-electron chi connectivity index (χ2n) is 4.39. The van der Waals surface area contributed by atoms with Gasteiger partial charge in [-0.15, -0.1) is 11.8 Å². The second-order valence-corrected chi connectivity index (χ2v) is 5.81. The molecule has 2 rings (SSSR count). The summed E-state index contributed by atoms with van der Waals surface area (Å²) in [7, 11) is 0. The summed E-state index contributed by atoms with van der Waals surface area (Å²) in [5.74, 6) is 1.73. The minimum Gasteiger partial charge on any atom is -0.310 e.